The molecule has 3 rings (SSSR count). The monoisotopic (exact) mass is 283 g/mol. The van der Waals surface area contributed by atoms with Crippen LogP contribution in [0.15, 0.2) is 17.2 Å². The van der Waals surface area contributed by atoms with Gasteiger partial charge in [-0.25, -0.2) is 4.98 Å². The number of anilines is 1. The Morgan fingerprint density at radius 1 is 1.53 bits per heavy atom. The highest BCUT2D eigenvalue weighted by Gasteiger charge is 2.31. The number of morpholine rings is 1. The molecule has 1 aliphatic carbocycles. The summed E-state index contributed by atoms with van der Waals surface area (Å²) in [5.74, 6) is 0.965. The van der Waals surface area contributed by atoms with Gasteiger partial charge in [0.2, 0.25) is 0 Å². The summed E-state index contributed by atoms with van der Waals surface area (Å²) in [4.78, 5) is 18.8. The lowest BCUT2D eigenvalue weighted by Crippen LogP contribution is -2.51. The van der Waals surface area contributed by atoms with Crippen LogP contribution in [0.3, 0.4) is 0 Å². The van der Waals surface area contributed by atoms with E-state index in [9.17, 15) is 4.79 Å². The van der Waals surface area contributed by atoms with E-state index in [1.807, 2.05) is 11.8 Å². The second-order valence-corrected chi connectivity index (χ2v) is 5.61. The van der Waals surface area contributed by atoms with Gasteiger partial charge in [0.25, 0.3) is 5.56 Å². The van der Waals surface area contributed by atoms with Crippen LogP contribution in [-0.2, 0) is 4.74 Å². The zero-order valence-electron chi connectivity index (χ0n) is 11.0. The van der Waals surface area contributed by atoms with Crippen molar-refractivity contribution in [2.75, 3.05) is 23.9 Å². The van der Waals surface area contributed by atoms with Crippen LogP contribution in [0.25, 0.3) is 0 Å². The molecule has 2 atom stereocenters. The van der Waals surface area contributed by atoms with Crippen LogP contribution in [0, 0.1) is 0 Å². The molecule has 1 aliphatic heterocycles. The summed E-state index contributed by atoms with van der Waals surface area (Å²) in [6.45, 7) is 3.25. The molecule has 0 aromatic carbocycles. The third kappa shape index (κ3) is 2.49. The van der Waals surface area contributed by atoms with E-state index in [1.165, 1.54) is 0 Å². The molecule has 1 aromatic rings. The van der Waals surface area contributed by atoms with Crippen LogP contribution in [0.4, 0.5) is 5.82 Å². The molecule has 1 saturated heterocycles. The van der Waals surface area contributed by atoms with Crippen molar-refractivity contribution in [1.29, 1.82) is 0 Å². The highest BCUT2D eigenvalue weighted by atomic mass is 35.5. The van der Waals surface area contributed by atoms with E-state index >= 15 is 0 Å². The van der Waals surface area contributed by atoms with Crippen LogP contribution in [-0.4, -0.2) is 40.7 Å². The Bertz CT molecular complexity index is 515. The zero-order chi connectivity index (χ0) is 13.4. The van der Waals surface area contributed by atoms with Crippen LogP contribution in [0.2, 0.25) is 0 Å². The molecule has 6 heteroatoms. The van der Waals surface area contributed by atoms with Gasteiger partial charge in [0.1, 0.15) is 0 Å². The van der Waals surface area contributed by atoms with E-state index in [1.54, 1.807) is 17.0 Å². The summed E-state index contributed by atoms with van der Waals surface area (Å²) in [6, 6.07) is 0.518. The molecule has 19 heavy (non-hydrogen) atoms. The maximum atomic E-state index is 12.5. The molecule has 2 aliphatic rings. The molecule has 0 amide bonds. The van der Waals surface area contributed by atoms with Crippen molar-refractivity contribution in [3.05, 3.63) is 22.7 Å². The number of alkyl halides is 1. The minimum atomic E-state index is -0.0337. The molecule has 0 spiro atoms. The lowest BCUT2D eigenvalue weighted by molar-refractivity contribution is 0.0360. The first-order valence-corrected chi connectivity index (χ1v) is 7.25. The number of rotatable bonds is 3. The van der Waals surface area contributed by atoms with E-state index in [4.69, 9.17) is 16.3 Å². The summed E-state index contributed by atoms with van der Waals surface area (Å²) < 4.78 is 7.42. The molecule has 2 fully saturated rings. The first-order chi connectivity index (χ1) is 9.20. The van der Waals surface area contributed by atoms with E-state index < -0.39 is 0 Å². The van der Waals surface area contributed by atoms with Crippen molar-refractivity contribution >= 4 is 17.4 Å². The fourth-order valence-corrected chi connectivity index (χ4v) is 2.64. The van der Waals surface area contributed by atoms with Crippen LogP contribution in [0.1, 0.15) is 25.8 Å². The normalized spacial score (nSPS) is 27.6. The number of nitrogens with zero attached hydrogens (tertiary/aromatic N) is 3. The Labute approximate surface area is 117 Å². The molecule has 0 bridgehead atoms. The molecule has 1 saturated carbocycles. The van der Waals surface area contributed by atoms with Gasteiger partial charge in [-0.3, -0.25) is 4.79 Å². The Hall–Kier alpha value is -1.07. The maximum absolute atomic E-state index is 12.5. The molecule has 0 radical (unpaired) electrons. The summed E-state index contributed by atoms with van der Waals surface area (Å²) in [6.07, 6.45) is 5.65. The maximum Gasteiger partial charge on any atom is 0.293 e. The van der Waals surface area contributed by atoms with E-state index in [0.717, 1.165) is 12.8 Å². The summed E-state index contributed by atoms with van der Waals surface area (Å²) in [5.41, 5.74) is 0.00655. The lowest BCUT2D eigenvalue weighted by atomic mass is 10.2. The number of aromatic nitrogens is 2. The smallest absolute Gasteiger partial charge is 0.293 e. The molecular weight excluding hydrogens is 266 g/mol. The average Bonchev–Trinajstić information content (AvgIpc) is 3.24. The van der Waals surface area contributed by atoms with Crippen molar-refractivity contribution in [2.24, 2.45) is 0 Å². The Morgan fingerprint density at radius 3 is 3.00 bits per heavy atom. The molecule has 5 nitrogen and oxygen atoms in total. The molecule has 2 heterocycles. The number of hydrogen-bond donors (Lipinski definition) is 0. The van der Waals surface area contributed by atoms with E-state index in [0.29, 0.717) is 30.9 Å². The third-order valence-corrected chi connectivity index (χ3v) is 4.08. The van der Waals surface area contributed by atoms with Gasteiger partial charge in [-0.2, -0.15) is 0 Å². The second kappa shape index (κ2) is 5.13. The van der Waals surface area contributed by atoms with Gasteiger partial charge < -0.3 is 14.2 Å². The van der Waals surface area contributed by atoms with Crippen molar-refractivity contribution in [3.63, 3.8) is 0 Å². The van der Waals surface area contributed by atoms with Gasteiger partial charge in [-0.15, -0.1) is 11.6 Å². The number of ether oxygens (including phenoxy) is 1. The first kappa shape index (κ1) is 12.9. The van der Waals surface area contributed by atoms with Gasteiger partial charge in [-0.05, 0) is 19.8 Å². The minimum absolute atomic E-state index is 0.00655. The van der Waals surface area contributed by atoms with Gasteiger partial charge in [0.05, 0.1) is 24.6 Å². The number of hydrogen-bond acceptors (Lipinski definition) is 4. The van der Waals surface area contributed by atoms with Gasteiger partial charge in [0, 0.05) is 25.0 Å². The van der Waals surface area contributed by atoms with Crippen molar-refractivity contribution in [2.45, 2.75) is 38.0 Å². The van der Waals surface area contributed by atoms with Crippen molar-refractivity contribution < 1.29 is 4.74 Å². The summed E-state index contributed by atoms with van der Waals surface area (Å²) in [5, 5.41) is 0. The highest BCUT2D eigenvalue weighted by molar-refractivity contribution is 6.18. The standard InChI is InChI=1S/C13H18ClN3O2/c1-9-8-19-11(6-14)7-17(9)12-13(18)16(5-4-15-12)10-2-3-10/h4-5,9-11H,2-3,6-8H2,1H3. The second-order valence-electron chi connectivity index (χ2n) is 5.31. The fraction of sp³-hybridized carbons (Fsp3) is 0.692. The summed E-state index contributed by atoms with van der Waals surface area (Å²) in [7, 11) is 0. The topological polar surface area (TPSA) is 47.4 Å². The van der Waals surface area contributed by atoms with Gasteiger partial charge in [-0.1, -0.05) is 0 Å². The highest BCUT2D eigenvalue weighted by Crippen LogP contribution is 2.33. The van der Waals surface area contributed by atoms with E-state index in [2.05, 4.69) is 4.98 Å². The lowest BCUT2D eigenvalue weighted by Gasteiger charge is -2.37. The molecule has 2 unspecified atom stereocenters. The fourth-order valence-electron chi connectivity index (χ4n) is 2.46. The van der Waals surface area contributed by atoms with Crippen molar-refractivity contribution in [1.82, 2.24) is 9.55 Å². The Balaban J connectivity index is 1.91. The third-order valence-electron chi connectivity index (χ3n) is 3.74. The van der Waals surface area contributed by atoms with Crippen molar-refractivity contribution in [3.8, 4) is 0 Å². The molecule has 0 N–H and O–H groups in total. The SMILES string of the molecule is CC1COC(CCl)CN1c1nccn(C2CC2)c1=O. The quantitative estimate of drug-likeness (QED) is 0.787. The predicted molar refractivity (Wildman–Crippen MR) is 74.0 cm³/mol. The van der Waals surface area contributed by atoms with Crippen LogP contribution in [0.5, 0.6) is 0 Å². The number of halogens is 1. The first-order valence-electron chi connectivity index (χ1n) is 6.72. The van der Waals surface area contributed by atoms with E-state index in [-0.39, 0.29) is 17.7 Å². The Kier molecular flexibility index (Phi) is 3.50. The largest absolute Gasteiger partial charge is 0.373 e. The van der Waals surface area contributed by atoms with Gasteiger partial charge in [0.15, 0.2) is 5.82 Å². The average molecular weight is 284 g/mol. The zero-order valence-corrected chi connectivity index (χ0v) is 11.7. The Morgan fingerprint density at radius 2 is 2.32 bits per heavy atom. The van der Waals surface area contributed by atoms with Gasteiger partial charge >= 0.3 is 0 Å². The summed E-state index contributed by atoms with van der Waals surface area (Å²) >= 11 is 5.86. The predicted octanol–water partition coefficient (Wildman–Crippen LogP) is 1.41. The molecule has 104 valence electrons. The van der Waals surface area contributed by atoms with Crippen LogP contribution < -0.4 is 10.5 Å². The molecule has 1 aromatic heterocycles. The van der Waals surface area contributed by atoms with Crippen LogP contribution >= 0.6 is 11.6 Å². The minimum Gasteiger partial charge on any atom is -0.373 e. The molecular formula is C13H18ClN3O2.